The van der Waals surface area contributed by atoms with Crippen LogP contribution in [0.15, 0.2) is 12.1 Å². The van der Waals surface area contributed by atoms with Gasteiger partial charge in [-0.15, -0.1) is 0 Å². The van der Waals surface area contributed by atoms with E-state index < -0.39 is 59.1 Å². The van der Waals surface area contributed by atoms with Crippen LogP contribution in [0.4, 0.5) is 33.3 Å². The van der Waals surface area contributed by atoms with Gasteiger partial charge in [0.15, 0.2) is 0 Å². The van der Waals surface area contributed by atoms with Gasteiger partial charge in [-0.05, 0) is 25.7 Å². The maximum absolute atomic E-state index is 12.7. The maximum atomic E-state index is 12.7. The Morgan fingerprint density at radius 2 is 1.89 bits per heavy atom. The zero-order valence-electron chi connectivity index (χ0n) is 14.3. The number of nitrogens with zero attached hydrogens (tertiary/aromatic N) is 1. The zero-order chi connectivity index (χ0) is 21.1. The molecule has 0 unspecified atom stereocenters. The molecule has 1 aliphatic carbocycles. The minimum Gasteiger partial charge on any atom is -0.487 e. The summed E-state index contributed by atoms with van der Waals surface area (Å²) in [6, 6.07) is 1.07. The van der Waals surface area contributed by atoms with E-state index in [1.54, 1.807) is 0 Å². The Morgan fingerprint density at radius 1 is 1.29 bits per heavy atom. The van der Waals surface area contributed by atoms with Crippen LogP contribution in [0.1, 0.15) is 36.0 Å². The number of anilines is 1. The molecule has 0 aliphatic heterocycles. The fourth-order valence-electron chi connectivity index (χ4n) is 3.06. The number of benzene rings is 1. The Labute approximate surface area is 155 Å². The maximum Gasteiger partial charge on any atom is 0.391 e. The second-order valence-corrected chi connectivity index (χ2v) is 6.36. The van der Waals surface area contributed by atoms with Gasteiger partial charge >= 0.3 is 12.1 Å². The van der Waals surface area contributed by atoms with Crippen LogP contribution in [0.2, 0.25) is 0 Å². The molecule has 0 radical (unpaired) electrons. The lowest BCUT2D eigenvalue weighted by atomic mass is 9.85. The summed E-state index contributed by atoms with van der Waals surface area (Å²) in [6.45, 7) is -1.12. The Bertz CT molecular complexity index is 733. The Morgan fingerprint density at radius 3 is 2.36 bits per heavy atom. The van der Waals surface area contributed by atoms with E-state index in [0.717, 1.165) is 6.07 Å². The summed E-state index contributed by atoms with van der Waals surface area (Å²) in [5.74, 6) is -3.55. The molecule has 0 atom stereocenters. The first kappa shape index (κ1) is 21.6. The lowest BCUT2D eigenvalue weighted by molar-refractivity contribution is -0.384. The molecule has 0 bridgehead atoms. The van der Waals surface area contributed by atoms with Gasteiger partial charge in [0.2, 0.25) is 0 Å². The van der Waals surface area contributed by atoms with Crippen molar-refractivity contribution in [1.29, 1.82) is 0 Å². The summed E-state index contributed by atoms with van der Waals surface area (Å²) in [5, 5.41) is 23.1. The van der Waals surface area contributed by atoms with Gasteiger partial charge in [-0.2, -0.15) is 13.2 Å². The van der Waals surface area contributed by atoms with Gasteiger partial charge in [-0.3, -0.25) is 10.1 Å². The molecule has 0 amide bonds. The van der Waals surface area contributed by atoms with Crippen LogP contribution in [-0.2, 0) is 0 Å². The van der Waals surface area contributed by atoms with Crippen molar-refractivity contribution < 1.29 is 41.5 Å². The third-order valence-electron chi connectivity index (χ3n) is 4.44. The highest BCUT2D eigenvalue weighted by Gasteiger charge is 2.41. The molecule has 12 heteroatoms. The normalized spacial score (nSPS) is 20.1. The summed E-state index contributed by atoms with van der Waals surface area (Å²) >= 11 is 0. The van der Waals surface area contributed by atoms with Crippen molar-refractivity contribution in [3.63, 3.8) is 0 Å². The third-order valence-corrected chi connectivity index (χ3v) is 4.44. The first-order valence-corrected chi connectivity index (χ1v) is 8.29. The molecule has 0 saturated heterocycles. The van der Waals surface area contributed by atoms with E-state index in [2.05, 4.69) is 5.32 Å². The van der Waals surface area contributed by atoms with E-state index in [1.165, 1.54) is 0 Å². The lowest BCUT2D eigenvalue weighted by Gasteiger charge is -2.30. The number of hydrogen-bond donors (Lipinski definition) is 2. The minimum absolute atomic E-state index is 0.0925. The predicted molar refractivity (Wildman–Crippen MR) is 87.0 cm³/mol. The number of hydrogen-bond acceptors (Lipinski definition) is 5. The molecule has 2 rings (SSSR count). The van der Waals surface area contributed by atoms with Crippen LogP contribution >= 0.6 is 0 Å². The summed E-state index contributed by atoms with van der Waals surface area (Å²) in [5.41, 5.74) is -1.51. The van der Waals surface area contributed by atoms with Crippen LogP contribution in [0.25, 0.3) is 0 Å². The summed E-state index contributed by atoms with van der Waals surface area (Å²) in [4.78, 5) is 21.6. The van der Waals surface area contributed by atoms with Crippen molar-refractivity contribution in [3.05, 3.63) is 27.8 Å². The Balaban J connectivity index is 2.25. The highest BCUT2D eigenvalue weighted by molar-refractivity contribution is 5.93. The largest absolute Gasteiger partial charge is 0.487 e. The smallest absolute Gasteiger partial charge is 0.391 e. The highest BCUT2D eigenvalue weighted by Crippen LogP contribution is 2.40. The van der Waals surface area contributed by atoms with E-state index in [-0.39, 0.29) is 31.4 Å². The third kappa shape index (κ3) is 5.42. The molecule has 0 spiro atoms. The van der Waals surface area contributed by atoms with Crippen LogP contribution in [0.5, 0.6) is 5.75 Å². The quantitative estimate of drug-likeness (QED) is 0.389. The summed E-state index contributed by atoms with van der Waals surface area (Å²) < 4.78 is 67.7. The lowest BCUT2D eigenvalue weighted by Crippen LogP contribution is -2.33. The van der Waals surface area contributed by atoms with Gasteiger partial charge in [-0.1, -0.05) is 0 Å². The molecule has 1 fully saturated rings. The average Bonchev–Trinajstić information content (AvgIpc) is 2.59. The first-order chi connectivity index (χ1) is 13.0. The van der Waals surface area contributed by atoms with Crippen LogP contribution in [0, 0.1) is 16.0 Å². The van der Waals surface area contributed by atoms with Crippen molar-refractivity contribution in [2.75, 3.05) is 11.9 Å². The van der Waals surface area contributed by atoms with Gasteiger partial charge in [0.1, 0.15) is 23.6 Å². The van der Waals surface area contributed by atoms with Gasteiger partial charge in [0.25, 0.3) is 12.1 Å². The van der Waals surface area contributed by atoms with Gasteiger partial charge < -0.3 is 15.2 Å². The average molecular weight is 412 g/mol. The zero-order valence-corrected chi connectivity index (χ0v) is 14.3. The van der Waals surface area contributed by atoms with E-state index in [9.17, 15) is 36.9 Å². The number of nitrogens with one attached hydrogen (secondary N) is 1. The molecule has 1 aromatic carbocycles. The fourth-order valence-corrected chi connectivity index (χ4v) is 3.06. The molecule has 28 heavy (non-hydrogen) atoms. The SMILES string of the molecule is O=C(O)c1cc([N+](=O)[O-])c(NC2CCC(C(F)(F)F)CC2)cc1OCC(F)F. The van der Waals surface area contributed by atoms with Crippen molar-refractivity contribution in [3.8, 4) is 5.75 Å². The number of rotatable bonds is 7. The minimum atomic E-state index is -4.31. The molecular weight excluding hydrogens is 395 g/mol. The molecule has 156 valence electrons. The number of carboxylic acid groups (broad SMARTS) is 1. The van der Waals surface area contributed by atoms with Crippen molar-refractivity contribution in [2.45, 2.75) is 44.3 Å². The van der Waals surface area contributed by atoms with Crippen LogP contribution in [-0.4, -0.2) is 41.2 Å². The standard InChI is InChI=1S/C16H17F5N2O5/c17-14(18)7-28-13-6-11(12(23(26)27)5-10(13)15(24)25)22-9-3-1-8(2-4-9)16(19,20)21/h5-6,8-9,14,22H,1-4,7H2,(H,24,25). The number of nitro groups is 1. The first-order valence-electron chi connectivity index (χ1n) is 8.29. The van der Waals surface area contributed by atoms with Gasteiger partial charge in [-0.25, -0.2) is 13.6 Å². The highest BCUT2D eigenvalue weighted by atomic mass is 19.4. The number of alkyl halides is 5. The second kappa shape index (κ2) is 8.57. The van der Waals surface area contributed by atoms with Crippen LogP contribution < -0.4 is 10.1 Å². The molecule has 1 saturated carbocycles. The molecule has 7 nitrogen and oxygen atoms in total. The summed E-state index contributed by atoms with van der Waals surface area (Å²) in [7, 11) is 0. The molecule has 0 aromatic heterocycles. The number of nitro benzene ring substituents is 1. The number of halogens is 5. The second-order valence-electron chi connectivity index (χ2n) is 6.36. The molecule has 1 aromatic rings. The Hall–Kier alpha value is -2.66. The van der Waals surface area contributed by atoms with E-state index in [4.69, 9.17) is 9.84 Å². The van der Waals surface area contributed by atoms with E-state index >= 15 is 0 Å². The van der Waals surface area contributed by atoms with Crippen LogP contribution in [0.3, 0.4) is 0 Å². The predicted octanol–water partition coefficient (Wildman–Crippen LogP) is 4.47. The molecule has 1 aliphatic rings. The topological polar surface area (TPSA) is 102 Å². The number of carbonyl (C=O) groups is 1. The van der Waals surface area contributed by atoms with E-state index in [0.29, 0.717) is 6.07 Å². The monoisotopic (exact) mass is 412 g/mol. The number of aromatic carboxylic acids is 1. The van der Waals surface area contributed by atoms with E-state index in [1.807, 2.05) is 0 Å². The molecular formula is C16H17F5N2O5. The number of carboxylic acids is 1. The summed E-state index contributed by atoms with van der Waals surface area (Å²) in [6.07, 6.45) is -7.33. The van der Waals surface area contributed by atoms with Crippen molar-refractivity contribution >= 4 is 17.3 Å². The number of ether oxygens (including phenoxy) is 1. The fraction of sp³-hybridized carbons (Fsp3) is 0.562. The van der Waals surface area contributed by atoms with Crippen molar-refractivity contribution in [1.82, 2.24) is 0 Å². The van der Waals surface area contributed by atoms with Gasteiger partial charge in [0.05, 0.1) is 10.8 Å². The Kier molecular flexibility index (Phi) is 6.62. The molecule has 2 N–H and O–H groups in total. The molecule has 0 heterocycles. The van der Waals surface area contributed by atoms with Gasteiger partial charge in [0, 0.05) is 18.2 Å². The van der Waals surface area contributed by atoms with Crippen molar-refractivity contribution in [2.24, 2.45) is 5.92 Å².